The third-order valence-corrected chi connectivity index (χ3v) is 3.82. The fourth-order valence-electron chi connectivity index (χ4n) is 2.52. The summed E-state index contributed by atoms with van der Waals surface area (Å²) in [7, 11) is 1.50. The van der Waals surface area contributed by atoms with Gasteiger partial charge >= 0.3 is 0 Å². The zero-order valence-electron chi connectivity index (χ0n) is 14.2. The predicted octanol–water partition coefficient (Wildman–Crippen LogP) is -0.355. The standard InChI is InChI=1S/C16H20N6O3/c1-11-9-14(22-5-7-25-8-6-22)19-13(18-11)10-17-16(24)12-3-4-15(23)21(2)20-12/h3-4,9H,5-8,10H2,1-2H3,(H,17,24). The van der Waals surface area contributed by atoms with Crippen molar-refractivity contribution in [1.82, 2.24) is 25.1 Å². The zero-order valence-corrected chi connectivity index (χ0v) is 14.2. The SMILES string of the molecule is Cc1cc(N2CCOCC2)nc(CNC(=O)c2ccc(=O)n(C)n2)n1. The van der Waals surface area contributed by atoms with Gasteiger partial charge in [0, 0.05) is 38.0 Å². The van der Waals surface area contributed by atoms with Gasteiger partial charge in [0.1, 0.15) is 17.3 Å². The summed E-state index contributed by atoms with van der Waals surface area (Å²) in [4.78, 5) is 34.5. The fourth-order valence-corrected chi connectivity index (χ4v) is 2.52. The summed E-state index contributed by atoms with van der Waals surface area (Å²) in [6, 6.07) is 4.63. The van der Waals surface area contributed by atoms with Crippen molar-refractivity contribution in [3.05, 3.63) is 45.8 Å². The van der Waals surface area contributed by atoms with E-state index >= 15 is 0 Å². The van der Waals surface area contributed by atoms with Crippen LogP contribution in [-0.2, 0) is 18.3 Å². The lowest BCUT2D eigenvalue weighted by atomic mass is 10.3. The topological polar surface area (TPSA) is 102 Å². The van der Waals surface area contributed by atoms with Crippen molar-refractivity contribution in [2.75, 3.05) is 31.2 Å². The van der Waals surface area contributed by atoms with Crippen LogP contribution in [0.4, 0.5) is 5.82 Å². The Balaban J connectivity index is 1.69. The van der Waals surface area contributed by atoms with Crippen LogP contribution < -0.4 is 15.8 Å². The van der Waals surface area contributed by atoms with Crippen LogP contribution in [0.1, 0.15) is 22.0 Å². The van der Waals surface area contributed by atoms with Gasteiger partial charge < -0.3 is 15.0 Å². The first-order valence-electron chi connectivity index (χ1n) is 8.03. The van der Waals surface area contributed by atoms with Gasteiger partial charge in [-0.25, -0.2) is 14.6 Å². The maximum absolute atomic E-state index is 12.2. The van der Waals surface area contributed by atoms with E-state index in [4.69, 9.17) is 4.74 Å². The lowest BCUT2D eigenvalue weighted by Gasteiger charge is -2.28. The van der Waals surface area contributed by atoms with Gasteiger partial charge in [0.25, 0.3) is 11.5 Å². The number of aromatic nitrogens is 4. The molecule has 0 saturated carbocycles. The summed E-state index contributed by atoms with van der Waals surface area (Å²) in [5.74, 6) is 0.980. The molecular weight excluding hydrogens is 324 g/mol. The van der Waals surface area contributed by atoms with Gasteiger partial charge in [-0.05, 0) is 13.0 Å². The number of hydrogen-bond donors (Lipinski definition) is 1. The van der Waals surface area contributed by atoms with Crippen LogP contribution >= 0.6 is 0 Å². The van der Waals surface area contributed by atoms with Gasteiger partial charge in [-0.15, -0.1) is 0 Å². The van der Waals surface area contributed by atoms with E-state index in [1.165, 1.54) is 19.2 Å². The molecule has 9 heteroatoms. The van der Waals surface area contributed by atoms with Crippen LogP contribution in [0, 0.1) is 6.92 Å². The van der Waals surface area contributed by atoms with Crippen LogP contribution in [0.25, 0.3) is 0 Å². The number of ether oxygens (including phenoxy) is 1. The second-order valence-corrected chi connectivity index (χ2v) is 5.75. The molecule has 0 spiro atoms. The van der Waals surface area contributed by atoms with Crippen LogP contribution in [0.3, 0.4) is 0 Å². The van der Waals surface area contributed by atoms with Crippen LogP contribution in [0.5, 0.6) is 0 Å². The molecule has 1 N–H and O–H groups in total. The number of anilines is 1. The summed E-state index contributed by atoms with van der Waals surface area (Å²) in [6.07, 6.45) is 0. The first-order chi connectivity index (χ1) is 12.0. The molecule has 1 aliphatic rings. The third kappa shape index (κ3) is 4.18. The molecule has 1 saturated heterocycles. The molecule has 3 rings (SSSR count). The summed E-state index contributed by atoms with van der Waals surface area (Å²) in [6.45, 7) is 4.99. The molecule has 1 amide bonds. The van der Waals surface area contributed by atoms with Gasteiger partial charge in [0.05, 0.1) is 19.8 Å². The Morgan fingerprint density at radius 1 is 1.28 bits per heavy atom. The number of carbonyl (C=O) groups is 1. The number of hydrogen-bond acceptors (Lipinski definition) is 7. The molecule has 25 heavy (non-hydrogen) atoms. The predicted molar refractivity (Wildman–Crippen MR) is 90.4 cm³/mol. The molecular formula is C16H20N6O3. The van der Waals surface area contributed by atoms with E-state index in [1.807, 2.05) is 13.0 Å². The summed E-state index contributed by atoms with van der Waals surface area (Å²) < 4.78 is 6.47. The number of morpholine rings is 1. The van der Waals surface area contributed by atoms with E-state index in [0.29, 0.717) is 19.0 Å². The fraction of sp³-hybridized carbons (Fsp3) is 0.438. The molecule has 2 aromatic rings. The molecule has 2 aromatic heterocycles. The average Bonchev–Trinajstić information content (AvgIpc) is 2.62. The quantitative estimate of drug-likeness (QED) is 0.808. The van der Waals surface area contributed by atoms with E-state index < -0.39 is 0 Å². The molecule has 132 valence electrons. The zero-order chi connectivity index (χ0) is 17.8. The minimum Gasteiger partial charge on any atom is -0.378 e. The third-order valence-electron chi connectivity index (χ3n) is 3.82. The number of aryl methyl sites for hydroxylation is 2. The monoisotopic (exact) mass is 344 g/mol. The van der Waals surface area contributed by atoms with Gasteiger partial charge in [-0.3, -0.25) is 9.59 Å². The first kappa shape index (κ1) is 17.0. The van der Waals surface area contributed by atoms with Gasteiger partial charge in [0.15, 0.2) is 0 Å². The Morgan fingerprint density at radius 2 is 2.04 bits per heavy atom. The maximum atomic E-state index is 12.2. The van der Waals surface area contributed by atoms with E-state index in [1.54, 1.807) is 0 Å². The van der Waals surface area contributed by atoms with Gasteiger partial charge in [-0.2, -0.15) is 5.10 Å². The van der Waals surface area contributed by atoms with Crippen LogP contribution in [0.15, 0.2) is 23.0 Å². The highest BCUT2D eigenvalue weighted by molar-refractivity contribution is 5.91. The van der Waals surface area contributed by atoms with Crippen LogP contribution in [0.2, 0.25) is 0 Å². The van der Waals surface area contributed by atoms with Crippen molar-refractivity contribution in [1.29, 1.82) is 0 Å². The van der Waals surface area contributed by atoms with E-state index in [9.17, 15) is 9.59 Å². The molecule has 0 unspecified atom stereocenters. The average molecular weight is 344 g/mol. The number of nitrogens with one attached hydrogen (secondary N) is 1. The van der Waals surface area contributed by atoms with E-state index in [-0.39, 0.29) is 23.7 Å². The van der Waals surface area contributed by atoms with Crippen molar-refractivity contribution in [2.45, 2.75) is 13.5 Å². The van der Waals surface area contributed by atoms with Crippen LogP contribution in [-0.4, -0.2) is 52.0 Å². The molecule has 0 aromatic carbocycles. The van der Waals surface area contributed by atoms with Crippen molar-refractivity contribution in [3.63, 3.8) is 0 Å². The second-order valence-electron chi connectivity index (χ2n) is 5.75. The van der Waals surface area contributed by atoms with Crippen molar-refractivity contribution in [3.8, 4) is 0 Å². The Labute approximate surface area is 144 Å². The first-order valence-corrected chi connectivity index (χ1v) is 8.03. The Kier molecular flexibility index (Phi) is 5.03. The van der Waals surface area contributed by atoms with Crippen molar-refractivity contribution >= 4 is 11.7 Å². The Morgan fingerprint density at radius 3 is 2.76 bits per heavy atom. The van der Waals surface area contributed by atoms with Crippen molar-refractivity contribution < 1.29 is 9.53 Å². The number of rotatable bonds is 4. The van der Waals surface area contributed by atoms with Gasteiger partial charge in [0.2, 0.25) is 0 Å². The number of carbonyl (C=O) groups excluding carboxylic acids is 1. The smallest absolute Gasteiger partial charge is 0.272 e. The van der Waals surface area contributed by atoms with E-state index in [0.717, 1.165) is 29.3 Å². The highest BCUT2D eigenvalue weighted by Gasteiger charge is 2.15. The molecule has 0 atom stereocenters. The summed E-state index contributed by atoms with van der Waals surface area (Å²) >= 11 is 0. The minimum absolute atomic E-state index is 0.170. The lowest BCUT2D eigenvalue weighted by Crippen LogP contribution is -2.37. The molecule has 3 heterocycles. The largest absolute Gasteiger partial charge is 0.378 e. The highest BCUT2D eigenvalue weighted by atomic mass is 16.5. The molecule has 0 aliphatic carbocycles. The summed E-state index contributed by atoms with van der Waals surface area (Å²) in [5.41, 5.74) is 0.734. The molecule has 0 radical (unpaired) electrons. The molecule has 9 nitrogen and oxygen atoms in total. The Hall–Kier alpha value is -2.81. The molecule has 0 bridgehead atoms. The second kappa shape index (κ2) is 7.39. The number of nitrogens with zero attached hydrogens (tertiary/aromatic N) is 5. The lowest BCUT2D eigenvalue weighted by molar-refractivity contribution is 0.0942. The van der Waals surface area contributed by atoms with E-state index in [2.05, 4.69) is 25.3 Å². The minimum atomic E-state index is -0.381. The Bertz CT molecular complexity index is 829. The summed E-state index contributed by atoms with van der Waals surface area (Å²) in [5, 5.41) is 6.66. The normalized spacial score (nSPS) is 14.4. The highest BCUT2D eigenvalue weighted by Crippen LogP contribution is 2.14. The maximum Gasteiger partial charge on any atom is 0.272 e. The van der Waals surface area contributed by atoms with Gasteiger partial charge in [-0.1, -0.05) is 0 Å². The molecule has 1 aliphatic heterocycles. The molecule has 1 fully saturated rings. The van der Waals surface area contributed by atoms with Crippen molar-refractivity contribution in [2.24, 2.45) is 7.05 Å². The number of amides is 1.